The van der Waals surface area contributed by atoms with Crippen molar-refractivity contribution in [2.45, 2.75) is 0 Å². The van der Waals surface area contributed by atoms with E-state index in [4.69, 9.17) is 4.74 Å². The van der Waals surface area contributed by atoms with Gasteiger partial charge in [0, 0.05) is 16.7 Å². The Morgan fingerprint density at radius 1 is 0.565 bits per heavy atom. The Kier molecular flexibility index (Phi) is 4.52. The molecule has 23 heavy (non-hydrogen) atoms. The molecule has 2 nitrogen and oxygen atoms in total. The van der Waals surface area contributed by atoms with E-state index < -0.39 is 0 Å². The van der Waals surface area contributed by atoms with Crippen LogP contribution in [0, 0.1) is 11.8 Å². The number of ether oxygens (including phenoxy) is 1. The minimum Gasteiger partial charge on any atom is -0.457 e. The fraction of sp³-hybridized carbons (Fsp3) is 0. The second kappa shape index (κ2) is 7.11. The summed E-state index contributed by atoms with van der Waals surface area (Å²) in [6, 6.07) is 24.2. The van der Waals surface area contributed by atoms with Gasteiger partial charge in [-0.15, -0.1) is 0 Å². The van der Waals surface area contributed by atoms with Crippen molar-refractivity contribution in [3.8, 4) is 23.3 Å². The molecule has 0 saturated carbocycles. The van der Waals surface area contributed by atoms with Gasteiger partial charge in [0.15, 0.2) is 0 Å². The first-order valence-electron chi connectivity index (χ1n) is 7.17. The van der Waals surface area contributed by atoms with Gasteiger partial charge in [0.25, 0.3) is 0 Å². The lowest BCUT2D eigenvalue weighted by Crippen LogP contribution is -1.86. The van der Waals surface area contributed by atoms with E-state index in [0.29, 0.717) is 11.3 Å². The maximum atomic E-state index is 10.5. The molecule has 0 aliphatic rings. The van der Waals surface area contributed by atoms with E-state index in [0.717, 1.165) is 16.9 Å². The smallest absolute Gasteiger partial charge is 0.233 e. The van der Waals surface area contributed by atoms with Gasteiger partial charge in [-0.3, -0.25) is 4.79 Å². The predicted molar refractivity (Wildman–Crippen MR) is 90.2 cm³/mol. The van der Waals surface area contributed by atoms with Crippen molar-refractivity contribution in [1.82, 2.24) is 0 Å². The van der Waals surface area contributed by atoms with Crippen LogP contribution in [0.15, 0.2) is 78.9 Å². The standard InChI is InChI=1S/C21H13O2/c22-16-19-10-14-21(15-11-19)23-20-12-8-18(9-13-20)7-6-17-4-2-1-3-5-17/h1-5,8-15H. The van der Waals surface area contributed by atoms with Crippen molar-refractivity contribution in [3.05, 3.63) is 95.6 Å². The highest BCUT2D eigenvalue weighted by molar-refractivity contribution is 5.75. The summed E-state index contributed by atoms with van der Waals surface area (Å²) in [5.41, 5.74) is 2.41. The first-order valence-corrected chi connectivity index (χ1v) is 7.17. The van der Waals surface area contributed by atoms with E-state index in [2.05, 4.69) is 11.8 Å². The zero-order valence-electron chi connectivity index (χ0n) is 12.3. The topological polar surface area (TPSA) is 26.3 Å². The van der Waals surface area contributed by atoms with Gasteiger partial charge in [0.1, 0.15) is 11.5 Å². The fourth-order valence-electron chi connectivity index (χ4n) is 2.00. The third kappa shape index (κ3) is 4.09. The minimum absolute atomic E-state index is 0.504. The van der Waals surface area contributed by atoms with Gasteiger partial charge in [-0.1, -0.05) is 30.0 Å². The fourth-order valence-corrected chi connectivity index (χ4v) is 2.00. The molecular weight excluding hydrogens is 284 g/mol. The zero-order valence-corrected chi connectivity index (χ0v) is 12.3. The van der Waals surface area contributed by atoms with Gasteiger partial charge in [0.2, 0.25) is 6.29 Å². The van der Waals surface area contributed by atoms with Gasteiger partial charge in [-0.05, 0) is 60.7 Å². The summed E-state index contributed by atoms with van der Waals surface area (Å²) in [6.07, 6.45) is 1.83. The Balaban J connectivity index is 1.69. The average Bonchev–Trinajstić information content (AvgIpc) is 2.63. The van der Waals surface area contributed by atoms with E-state index >= 15 is 0 Å². The molecule has 0 bridgehead atoms. The molecule has 0 saturated heterocycles. The van der Waals surface area contributed by atoms with Crippen LogP contribution in [0.4, 0.5) is 0 Å². The average molecular weight is 297 g/mol. The van der Waals surface area contributed by atoms with Crippen LogP contribution in [0.3, 0.4) is 0 Å². The van der Waals surface area contributed by atoms with Crippen molar-refractivity contribution < 1.29 is 9.53 Å². The van der Waals surface area contributed by atoms with E-state index in [1.165, 1.54) is 0 Å². The first kappa shape index (κ1) is 14.6. The van der Waals surface area contributed by atoms with Crippen molar-refractivity contribution in [3.63, 3.8) is 0 Å². The van der Waals surface area contributed by atoms with Gasteiger partial charge >= 0.3 is 0 Å². The van der Waals surface area contributed by atoms with Crippen LogP contribution in [-0.4, -0.2) is 6.29 Å². The molecule has 0 atom stereocenters. The van der Waals surface area contributed by atoms with Crippen LogP contribution < -0.4 is 4.74 Å². The van der Waals surface area contributed by atoms with Gasteiger partial charge in [-0.2, -0.15) is 0 Å². The molecule has 0 fully saturated rings. The Hall–Kier alpha value is -3.31. The Morgan fingerprint density at radius 3 is 1.57 bits per heavy atom. The Bertz CT molecular complexity index is 836. The SMILES string of the molecule is O=[C]c1ccc(Oc2ccc(C#Cc3ccccc3)cc2)cc1. The molecule has 0 aliphatic heterocycles. The molecule has 0 aliphatic carbocycles. The molecule has 3 rings (SSSR count). The summed E-state index contributed by atoms with van der Waals surface area (Å²) < 4.78 is 5.72. The summed E-state index contributed by atoms with van der Waals surface area (Å²) in [7, 11) is 0. The summed E-state index contributed by atoms with van der Waals surface area (Å²) in [4.78, 5) is 10.5. The summed E-state index contributed by atoms with van der Waals surface area (Å²) in [5.74, 6) is 7.63. The summed E-state index contributed by atoms with van der Waals surface area (Å²) in [6.45, 7) is 0. The van der Waals surface area contributed by atoms with Gasteiger partial charge in [0.05, 0.1) is 0 Å². The van der Waals surface area contributed by atoms with Crippen molar-refractivity contribution in [1.29, 1.82) is 0 Å². The van der Waals surface area contributed by atoms with Crippen LogP contribution in [0.2, 0.25) is 0 Å². The van der Waals surface area contributed by atoms with Crippen LogP contribution in [0.1, 0.15) is 16.7 Å². The zero-order chi connectivity index (χ0) is 15.9. The maximum absolute atomic E-state index is 10.5. The van der Waals surface area contributed by atoms with E-state index in [-0.39, 0.29) is 0 Å². The van der Waals surface area contributed by atoms with E-state index in [1.54, 1.807) is 24.3 Å². The second-order valence-corrected chi connectivity index (χ2v) is 4.87. The highest BCUT2D eigenvalue weighted by Gasteiger charge is 1.98. The highest BCUT2D eigenvalue weighted by atomic mass is 16.5. The van der Waals surface area contributed by atoms with Crippen LogP contribution in [0.5, 0.6) is 11.5 Å². The third-order valence-corrected chi connectivity index (χ3v) is 3.19. The third-order valence-electron chi connectivity index (χ3n) is 3.19. The molecule has 0 unspecified atom stereocenters. The molecule has 0 N–H and O–H groups in total. The molecule has 0 heterocycles. The summed E-state index contributed by atoms with van der Waals surface area (Å²) >= 11 is 0. The number of carbonyl (C=O) groups excluding carboxylic acids is 1. The van der Waals surface area contributed by atoms with Crippen molar-refractivity contribution in [2.75, 3.05) is 0 Å². The first-order chi connectivity index (χ1) is 11.3. The molecule has 2 heteroatoms. The number of hydrogen-bond acceptors (Lipinski definition) is 2. The quantitative estimate of drug-likeness (QED) is 0.672. The highest BCUT2D eigenvalue weighted by Crippen LogP contribution is 2.21. The minimum atomic E-state index is 0.504. The predicted octanol–water partition coefficient (Wildman–Crippen LogP) is 4.34. The lowest BCUT2D eigenvalue weighted by Gasteiger charge is -2.05. The molecule has 3 aromatic carbocycles. The summed E-state index contributed by atoms with van der Waals surface area (Å²) in [5, 5.41) is 0. The molecule has 1 radical (unpaired) electrons. The molecule has 109 valence electrons. The number of hydrogen-bond donors (Lipinski definition) is 0. The van der Waals surface area contributed by atoms with Crippen molar-refractivity contribution in [2.24, 2.45) is 0 Å². The van der Waals surface area contributed by atoms with Crippen molar-refractivity contribution >= 4 is 6.29 Å². The second-order valence-electron chi connectivity index (χ2n) is 4.87. The molecular formula is C21H13O2. The number of rotatable bonds is 3. The van der Waals surface area contributed by atoms with Gasteiger partial charge in [-0.25, -0.2) is 0 Å². The molecule has 3 aromatic rings. The Morgan fingerprint density at radius 2 is 1.04 bits per heavy atom. The van der Waals surface area contributed by atoms with Crippen LogP contribution >= 0.6 is 0 Å². The van der Waals surface area contributed by atoms with E-state index in [9.17, 15) is 4.79 Å². The van der Waals surface area contributed by atoms with Gasteiger partial charge < -0.3 is 4.74 Å². The lowest BCUT2D eigenvalue weighted by atomic mass is 10.2. The monoisotopic (exact) mass is 297 g/mol. The van der Waals surface area contributed by atoms with Crippen LogP contribution in [-0.2, 0) is 4.79 Å². The van der Waals surface area contributed by atoms with Crippen LogP contribution in [0.25, 0.3) is 0 Å². The van der Waals surface area contributed by atoms with E-state index in [1.807, 2.05) is 60.9 Å². The Labute approximate surface area is 135 Å². The lowest BCUT2D eigenvalue weighted by molar-refractivity contribution is 0.482. The number of benzene rings is 3. The normalized spacial score (nSPS) is 9.57. The molecule has 0 aromatic heterocycles. The molecule has 0 amide bonds. The maximum Gasteiger partial charge on any atom is 0.233 e. The largest absolute Gasteiger partial charge is 0.457 e. The molecule has 0 spiro atoms.